The summed E-state index contributed by atoms with van der Waals surface area (Å²) >= 11 is 0. The molecule has 2 aromatic rings. The second kappa shape index (κ2) is 14.8. The SMILES string of the molecule is P.[Fe].[Pd].[cH-]1[cH-][cH-][cH-][cH-]1.c1cc[cH-]c1. The van der Waals surface area contributed by atoms with Gasteiger partial charge in [0.25, 0.3) is 0 Å². The van der Waals surface area contributed by atoms with Gasteiger partial charge < -0.3 is 30.3 Å². The van der Waals surface area contributed by atoms with Gasteiger partial charge in [-0.25, -0.2) is 12.1 Å². The maximum atomic E-state index is 2.00. The van der Waals surface area contributed by atoms with Crippen LogP contribution in [0, 0.1) is 0 Å². The summed E-state index contributed by atoms with van der Waals surface area (Å²) in [6.07, 6.45) is 0. The zero-order valence-corrected chi connectivity index (χ0v) is 11.2. The molecule has 2 rings (SSSR count). The summed E-state index contributed by atoms with van der Waals surface area (Å²) in [6.45, 7) is 0. The van der Waals surface area contributed by atoms with Gasteiger partial charge in [-0.05, 0) is 0 Å². The molecule has 1 unspecified atom stereocenters. The summed E-state index contributed by atoms with van der Waals surface area (Å²) in [6, 6.07) is 20.0. The molecular formula is C10H13FePPd-6. The molecule has 0 fully saturated rings. The van der Waals surface area contributed by atoms with Gasteiger partial charge in [0.05, 0.1) is 0 Å². The van der Waals surface area contributed by atoms with E-state index in [-0.39, 0.29) is 47.4 Å². The second-order valence-electron chi connectivity index (χ2n) is 1.92. The molecule has 1 atom stereocenters. The Kier molecular flexibility index (Phi) is 21.6. The molecule has 82 valence electrons. The third-order valence-electron chi connectivity index (χ3n) is 1.11. The van der Waals surface area contributed by atoms with Crippen molar-refractivity contribution in [3.05, 3.63) is 60.7 Å². The molecule has 0 nitrogen and oxygen atoms in total. The molecule has 0 radical (unpaired) electrons. The normalized spacial score (nSPS) is 6.15. The van der Waals surface area contributed by atoms with Gasteiger partial charge in [-0.3, -0.25) is 0 Å². The van der Waals surface area contributed by atoms with Crippen LogP contribution in [0.15, 0.2) is 60.7 Å². The van der Waals surface area contributed by atoms with Crippen molar-refractivity contribution in [1.29, 1.82) is 0 Å². The summed E-state index contributed by atoms with van der Waals surface area (Å²) in [5.74, 6) is 0. The molecule has 0 bridgehead atoms. The summed E-state index contributed by atoms with van der Waals surface area (Å²) in [4.78, 5) is 0. The Morgan fingerprint density at radius 3 is 1.15 bits per heavy atom. The molecule has 0 spiro atoms. The van der Waals surface area contributed by atoms with Crippen molar-refractivity contribution >= 4 is 9.90 Å². The van der Waals surface area contributed by atoms with Crippen molar-refractivity contribution in [2.45, 2.75) is 0 Å². The van der Waals surface area contributed by atoms with Crippen LogP contribution in [-0.2, 0) is 37.5 Å². The van der Waals surface area contributed by atoms with Crippen molar-refractivity contribution in [2.24, 2.45) is 0 Å². The smallest absolute Gasteiger partial charge is 0 e. The maximum absolute atomic E-state index is 2.00. The van der Waals surface area contributed by atoms with Gasteiger partial charge in [-0.2, -0.15) is 28.1 Å². The predicted molar refractivity (Wildman–Crippen MR) is 55.2 cm³/mol. The molecule has 0 aliphatic rings. The monoisotopic (exact) mass is 326 g/mol. The fourth-order valence-corrected chi connectivity index (χ4v) is 0.642. The van der Waals surface area contributed by atoms with Gasteiger partial charge in [-0.15, -0.1) is 0 Å². The van der Waals surface area contributed by atoms with E-state index in [1.165, 1.54) is 0 Å². The van der Waals surface area contributed by atoms with Gasteiger partial charge in [0, 0.05) is 37.5 Å². The molecule has 13 heavy (non-hydrogen) atoms. The van der Waals surface area contributed by atoms with Crippen LogP contribution in [0.25, 0.3) is 0 Å². The summed E-state index contributed by atoms with van der Waals surface area (Å²) in [5.41, 5.74) is 0. The minimum Gasteiger partial charge on any atom is -0.748 e. The maximum Gasteiger partial charge on any atom is 0 e. The van der Waals surface area contributed by atoms with E-state index >= 15 is 0 Å². The van der Waals surface area contributed by atoms with Crippen LogP contribution < -0.4 is 0 Å². The Hall–Kier alpha value is 0.312. The van der Waals surface area contributed by atoms with Crippen LogP contribution >= 0.6 is 9.90 Å². The first-order valence-electron chi connectivity index (χ1n) is 3.33. The van der Waals surface area contributed by atoms with Crippen LogP contribution in [-0.4, -0.2) is 0 Å². The fourth-order valence-electron chi connectivity index (χ4n) is 0.642. The minimum absolute atomic E-state index is 0. The summed E-state index contributed by atoms with van der Waals surface area (Å²) < 4.78 is 0. The molecule has 0 aromatic heterocycles. The predicted octanol–water partition coefficient (Wildman–Crippen LogP) is 2.86. The molecule has 0 aliphatic heterocycles. The Morgan fingerprint density at radius 2 is 1.00 bits per heavy atom. The van der Waals surface area contributed by atoms with Gasteiger partial charge in [0.2, 0.25) is 0 Å². The Balaban J connectivity index is -0.000000125. The Bertz CT molecular complexity index is 154. The van der Waals surface area contributed by atoms with E-state index in [4.69, 9.17) is 0 Å². The van der Waals surface area contributed by atoms with Crippen LogP contribution in [0.5, 0.6) is 0 Å². The van der Waals surface area contributed by atoms with E-state index in [0.29, 0.717) is 0 Å². The van der Waals surface area contributed by atoms with Gasteiger partial charge >= 0.3 is 0 Å². The van der Waals surface area contributed by atoms with Gasteiger partial charge in [-0.1, -0.05) is 0 Å². The molecule has 0 heterocycles. The third kappa shape index (κ3) is 12.3. The van der Waals surface area contributed by atoms with E-state index < -0.39 is 0 Å². The first kappa shape index (κ1) is 19.0. The van der Waals surface area contributed by atoms with Crippen molar-refractivity contribution in [3.63, 3.8) is 0 Å². The fraction of sp³-hybridized carbons (Fsp3) is 0. The third-order valence-corrected chi connectivity index (χ3v) is 1.11. The average molecular weight is 326 g/mol. The molecule has 2 aromatic carbocycles. The molecule has 0 aliphatic carbocycles. The van der Waals surface area contributed by atoms with E-state index in [9.17, 15) is 0 Å². The summed E-state index contributed by atoms with van der Waals surface area (Å²) in [5, 5.41) is 0. The number of rotatable bonds is 0. The molecule has 3 heteroatoms. The summed E-state index contributed by atoms with van der Waals surface area (Å²) in [7, 11) is 0. The van der Waals surface area contributed by atoms with Crippen molar-refractivity contribution < 1.29 is 37.5 Å². The van der Waals surface area contributed by atoms with Crippen LogP contribution in [0.4, 0.5) is 0 Å². The number of hydrogen-bond donors (Lipinski definition) is 0. The molecular weight excluding hydrogens is 313 g/mol. The molecule has 0 N–H and O–H groups in total. The van der Waals surface area contributed by atoms with E-state index in [2.05, 4.69) is 0 Å². The van der Waals surface area contributed by atoms with Crippen molar-refractivity contribution in [2.75, 3.05) is 0 Å². The second-order valence-corrected chi connectivity index (χ2v) is 1.92. The number of hydrogen-bond acceptors (Lipinski definition) is 0. The largest absolute Gasteiger partial charge is 0.748 e. The molecule has 0 amide bonds. The van der Waals surface area contributed by atoms with Crippen LogP contribution in [0.1, 0.15) is 0 Å². The van der Waals surface area contributed by atoms with Crippen molar-refractivity contribution in [1.82, 2.24) is 0 Å². The van der Waals surface area contributed by atoms with Crippen LogP contribution in [0.2, 0.25) is 0 Å². The Morgan fingerprint density at radius 1 is 0.692 bits per heavy atom. The van der Waals surface area contributed by atoms with Crippen LogP contribution in [0.3, 0.4) is 0 Å². The van der Waals surface area contributed by atoms with E-state index in [0.717, 1.165) is 0 Å². The zero-order chi connectivity index (χ0) is 7.07. The molecule has 0 saturated carbocycles. The van der Waals surface area contributed by atoms with E-state index in [1.54, 1.807) is 0 Å². The average Bonchev–Trinajstić information content (AvgIpc) is 2.67. The zero-order valence-electron chi connectivity index (χ0n) is 7.15. The first-order chi connectivity index (χ1) is 5.00. The van der Waals surface area contributed by atoms with Gasteiger partial charge in [0.1, 0.15) is 0 Å². The Labute approximate surface area is 108 Å². The molecule has 0 saturated heterocycles. The standard InChI is InChI=1S/2C5H5.Fe.H3P.Pd/c2*1-2-4-5-3-1;;;/h2*1-5H;;1H3;/q-5;-1;;;. The van der Waals surface area contributed by atoms with Crippen molar-refractivity contribution in [3.8, 4) is 0 Å². The van der Waals surface area contributed by atoms with Gasteiger partial charge in [0.15, 0.2) is 0 Å². The van der Waals surface area contributed by atoms with E-state index in [1.807, 2.05) is 60.7 Å². The topological polar surface area (TPSA) is 0 Å². The first-order valence-corrected chi connectivity index (χ1v) is 3.33. The minimum atomic E-state index is 0. The quantitative estimate of drug-likeness (QED) is 0.397.